The fourth-order valence-electron chi connectivity index (χ4n) is 4.61. The topological polar surface area (TPSA) is 107 Å². The highest BCUT2D eigenvalue weighted by atomic mass is 16.6. The Labute approximate surface area is 166 Å². The summed E-state index contributed by atoms with van der Waals surface area (Å²) in [5.41, 5.74) is 10.5. The molecule has 0 fully saturated rings. The normalized spacial score (nSPS) is 19.7. The van der Waals surface area contributed by atoms with Crippen molar-refractivity contribution in [2.45, 2.75) is 45.9 Å². The molecule has 0 amide bonds. The SMILES string of the molecule is CC[C@@]1(O)C(=O)OCc2c1cc1n(c2=O)Cc2c-1nc1ccc(N)c(C)c1c2C. The Hall–Kier alpha value is -3.19. The standard InChI is InChI=1S/C22H21N3O4/c1-4-22(28)14-7-17-19-12(8-25(17)20(26)13(14)9-29-21(22)27)10(2)18-11(3)15(23)5-6-16(18)24-19/h5-7,28H,4,8-9,23H2,1-3H3/t22-/m0/s1. The fraction of sp³-hybridized carbons (Fsp3) is 0.318. The molecule has 0 aliphatic carbocycles. The Kier molecular flexibility index (Phi) is 3.49. The number of aryl methyl sites for hydroxylation is 2. The third-order valence-corrected chi connectivity index (χ3v) is 6.43. The molecule has 0 saturated carbocycles. The van der Waals surface area contributed by atoms with Gasteiger partial charge in [0.1, 0.15) is 6.61 Å². The second-order valence-corrected chi connectivity index (χ2v) is 7.84. The van der Waals surface area contributed by atoms with Gasteiger partial charge in [0.05, 0.1) is 29.0 Å². The van der Waals surface area contributed by atoms with E-state index in [0.717, 1.165) is 27.6 Å². The second kappa shape index (κ2) is 5.67. The van der Waals surface area contributed by atoms with E-state index in [-0.39, 0.29) is 18.6 Å². The van der Waals surface area contributed by atoms with Gasteiger partial charge in [0.2, 0.25) is 0 Å². The monoisotopic (exact) mass is 391 g/mol. The van der Waals surface area contributed by atoms with Gasteiger partial charge in [-0.15, -0.1) is 0 Å². The van der Waals surface area contributed by atoms with Crippen molar-refractivity contribution in [2.75, 3.05) is 5.73 Å². The number of esters is 1. The number of nitrogen functional groups attached to an aromatic ring is 1. The fourth-order valence-corrected chi connectivity index (χ4v) is 4.61. The van der Waals surface area contributed by atoms with Gasteiger partial charge in [-0.05, 0) is 49.6 Å². The van der Waals surface area contributed by atoms with Crippen LogP contribution in [0.5, 0.6) is 0 Å². The van der Waals surface area contributed by atoms with Crippen LogP contribution >= 0.6 is 0 Å². The van der Waals surface area contributed by atoms with Crippen LogP contribution in [0, 0.1) is 13.8 Å². The van der Waals surface area contributed by atoms with E-state index >= 15 is 0 Å². The number of nitrogens with zero attached hydrogens (tertiary/aromatic N) is 2. The molecule has 29 heavy (non-hydrogen) atoms. The molecule has 7 heteroatoms. The van der Waals surface area contributed by atoms with E-state index in [1.165, 1.54) is 0 Å². The number of fused-ring (bicyclic) bond motifs is 5. The van der Waals surface area contributed by atoms with Crippen molar-refractivity contribution in [3.05, 3.63) is 56.4 Å². The molecule has 0 bridgehead atoms. The first-order valence-corrected chi connectivity index (χ1v) is 9.63. The number of anilines is 1. The lowest BCUT2D eigenvalue weighted by Crippen LogP contribution is -2.44. The van der Waals surface area contributed by atoms with Crippen molar-refractivity contribution in [3.8, 4) is 11.4 Å². The minimum atomic E-state index is -1.82. The molecule has 1 atom stereocenters. The molecule has 3 N–H and O–H groups in total. The highest BCUT2D eigenvalue weighted by Crippen LogP contribution is 2.40. The molecule has 2 aromatic heterocycles. The minimum absolute atomic E-state index is 0.122. The Morgan fingerprint density at radius 2 is 2.00 bits per heavy atom. The summed E-state index contributed by atoms with van der Waals surface area (Å²) in [4.78, 5) is 30.3. The Bertz CT molecular complexity index is 1310. The summed E-state index contributed by atoms with van der Waals surface area (Å²) in [5, 5.41) is 11.9. The summed E-state index contributed by atoms with van der Waals surface area (Å²) in [6, 6.07) is 5.44. The summed E-state index contributed by atoms with van der Waals surface area (Å²) in [6.45, 7) is 5.93. The molecule has 5 rings (SSSR count). The van der Waals surface area contributed by atoms with Crippen LogP contribution in [-0.2, 0) is 28.3 Å². The maximum absolute atomic E-state index is 13.2. The Balaban J connectivity index is 1.84. The number of hydrogen-bond donors (Lipinski definition) is 2. The summed E-state index contributed by atoms with van der Waals surface area (Å²) < 4.78 is 6.76. The molecule has 0 radical (unpaired) electrons. The molecule has 148 valence electrons. The lowest BCUT2D eigenvalue weighted by atomic mass is 9.86. The summed E-state index contributed by atoms with van der Waals surface area (Å²) in [7, 11) is 0. The zero-order chi connectivity index (χ0) is 20.7. The van der Waals surface area contributed by atoms with Gasteiger partial charge in [-0.25, -0.2) is 9.78 Å². The number of carbonyl (C=O) groups is 1. The largest absolute Gasteiger partial charge is 0.458 e. The summed E-state index contributed by atoms with van der Waals surface area (Å²) in [6.07, 6.45) is 0.122. The van der Waals surface area contributed by atoms with Crippen molar-refractivity contribution >= 4 is 22.6 Å². The maximum Gasteiger partial charge on any atom is 0.343 e. The van der Waals surface area contributed by atoms with Crippen LogP contribution in [0.4, 0.5) is 5.69 Å². The predicted molar refractivity (Wildman–Crippen MR) is 108 cm³/mol. The van der Waals surface area contributed by atoms with Crippen molar-refractivity contribution < 1.29 is 14.6 Å². The first-order valence-electron chi connectivity index (χ1n) is 9.63. The number of hydrogen-bond acceptors (Lipinski definition) is 6. The lowest BCUT2D eigenvalue weighted by molar-refractivity contribution is -0.172. The van der Waals surface area contributed by atoms with Crippen molar-refractivity contribution in [3.63, 3.8) is 0 Å². The predicted octanol–water partition coefficient (Wildman–Crippen LogP) is 2.28. The molecule has 4 heterocycles. The Morgan fingerprint density at radius 3 is 2.72 bits per heavy atom. The molecule has 2 aliphatic rings. The van der Waals surface area contributed by atoms with E-state index in [1.807, 2.05) is 26.0 Å². The van der Waals surface area contributed by atoms with Crippen molar-refractivity contribution in [1.29, 1.82) is 0 Å². The van der Waals surface area contributed by atoms with Gasteiger partial charge in [0, 0.05) is 22.2 Å². The molecule has 0 spiro atoms. The molecule has 0 saturated heterocycles. The molecule has 3 aromatic rings. The van der Waals surface area contributed by atoms with Crippen LogP contribution in [0.25, 0.3) is 22.3 Å². The van der Waals surface area contributed by atoms with Gasteiger partial charge < -0.3 is 20.1 Å². The first kappa shape index (κ1) is 17.9. The van der Waals surface area contributed by atoms with Crippen LogP contribution in [0.2, 0.25) is 0 Å². The summed E-state index contributed by atoms with van der Waals surface area (Å²) in [5.74, 6) is -0.719. The van der Waals surface area contributed by atoms with E-state index in [4.69, 9.17) is 15.5 Å². The number of aliphatic hydroxyl groups is 1. The maximum atomic E-state index is 13.2. The average molecular weight is 391 g/mol. The van der Waals surface area contributed by atoms with Gasteiger partial charge in [0.15, 0.2) is 5.60 Å². The van der Waals surface area contributed by atoms with E-state index in [2.05, 4.69) is 0 Å². The molecule has 0 unspecified atom stereocenters. The van der Waals surface area contributed by atoms with Gasteiger partial charge in [-0.1, -0.05) is 6.92 Å². The van der Waals surface area contributed by atoms with Crippen LogP contribution in [-0.4, -0.2) is 20.6 Å². The Morgan fingerprint density at radius 1 is 1.24 bits per heavy atom. The van der Waals surface area contributed by atoms with Crippen LogP contribution < -0.4 is 11.3 Å². The third-order valence-electron chi connectivity index (χ3n) is 6.43. The molecular weight excluding hydrogens is 370 g/mol. The third kappa shape index (κ3) is 2.13. The van der Waals surface area contributed by atoms with E-state index in [1.54, 1.807) is 17.6 Å². The van der Waals surface area contributed by atoms with Gasteiger partial charge in [-0.3, -0.25) is 4.79 Å². The molecule has 1 aromatic carbocycles. The molecule has 7 nitrogen and oxygen atoms in total. The zero-order valence-corrected chi connectivity index (χ0v) is 16.5. The molecular formula is C22H21N3O4. The van der Waals surface area contributed by atoms with Crippen LogP contribution in [0.15, 0.2) is 23.0 Å². The number of pyridine rings is 2. The van der Waals surface area contributed by atoms with Crippen molar-refractivity contribution in [1.82, 2.24) is 9.55 Å². The zero-order valence-electron chi connectivity index (χ0n) is 16.5. The quantitative estimate of drug-likeness (QED) is 0.381. The molecule has 2 aliphatic heterocycles. The van der Waals surface area contributed by atoms with Crippen molar-refractivity contribution in [2.24, 2.45) is 0 Å². The number of nitrogens with two attached hydrogens (primary N) is 1. The van der Waals surface area contributed by atoms with E-state index < -0.39 is 11.6 Å². The van der Waals surface area contributed by atoms with Gasteiger partial charge in [0.25, 0.3) is 5.56 Å². The van der Waals surface area contributed by atoms with Crippen LogP contribution in [0.1, 0.15) is 41.2 Å². The highest BCUT2D eigenvalue weighted by molar-refractivity contribution is 5.93. The van der Waals surface area contributed by atoms with Gasteiger partial charge >= 0.3 is 5.97 Å². The average Bonchev–Trinajstić information content (AvgIpc) is 3.08. The van der Waals surface area contributed by atoms with Crippen LogP contribution in [0.3, 0.4) is 0 Å². The minimum Gasteiger partial charge on any atom is -0.458 e. The number of benzene rings is 1. The first-order chi connectivity index (χ1) is 13.8. The number of ether oxygens (including phenoxy) is 1. The lowest BCUT2D eigenvalue weighted by Gasteiger charge is -2.31. The number of aromatic nitrogens is 2. The van der Waals surface area contributed by atoms with E-state index in [0.29, 0.717) is 34.7 Å². The number of cyclic esters (lactones) is 1. The van der Waals surface area contributed by atoms with E-state index in [9.17, 15) is 14.7 Å². The number of carbonyl (C=O) groups excluding carboxylic acids is 1. The van der Waals surface area contributed by atoms with Gasteiger partial charge in [-0.2, -0.15) is 0 Å². The summed E-state index contributed by atoms with van der Waals surface area (Å²) >= 11 is 0. The smallest absolute Gasteiger partial charge is 0.343 e. The number of rotatable bonds is 1. The highest BCUT2D eigenvalue weighted by Gasteiger charge is 2.45. The second-order valence-electron chi connectivity index (χ2n) is 7.84.